The highest BCUT2D eigenvalue weighted by molar-refractivity contribution is 7.92. The molecule has 1 unspecified atom stereocenters. The molecule has 4 rings (SSSR count). The van der Waals surface area contributed by atoms with Gasteiger partial charge in [-0.05, 0) is 36.8 Å². The Labute approximate surface area is 183 Å². The Morgan fingerprint density at radius 3 is 2.44 bits per heavy atom. The molecule has 2 heterocycles. The second-order valence-corrected chi connectivity index (χ2v) is 9.47. The first-order chi connectivity index (χ1) is 15.1. The molecule has 11 heteroatoms. The number of aliphatic imine (C=N–C) groups is 1. The molecule has 0 saturated carbocycles. The van der Waals surface area contributed by atoms with Crippen molar-refractivity contribution < 1.29 is 31.4 Å². The number of benzene rings is 2. The Balaban J connectivity index is 1.79. The van der Waals surface area contributed by atoms with Crippen molar-refractivity contribution in [2.24, 2.45) is 4.99 Å². The van der Waals surface area contributed by atoms with E-state index in [0.717, 1.165) is 12.1 Å². The topological polar surface area (TPSA) is 82.4 Å². The van der Waals surface area contributed by atoms with Gasteiger partial charge in [-0.3, -0.25) is 4.90 Å². The van der Waals surface area contributed by atoms with Crippen molar-refractivity contribution in [2.75, 3.05) is 26.2 Å². The second-order valence-electron chi connectivity index (χ2n) is 7.52. The maximum Gasteiger partial charge on any atom is 0.501 e. The molecule has 7 nitrogen and oxygen atoms in total. The first-order valence-electron chi connectivity index (χ1n) is 10.1. The van der Waals surface area contributed by atoms with Gasteiger partial charge in [0.15, 0.2) is 5.75 Å². The number of hydrogen-bond donors (Lipinski definition) is 1. The number of alkyl halides is 3. The predicted molar refractivity (Wildman–Crippen MR) is 112 cm³/mol. The molecule has 1 fully saturated rings. The highest BCUT2D eigenvalue weighted by Crippen LogP contribution is 2.40. The van der Waals surface area contributed by atoms with E-state index in [9.17, 15) is 26.7 Å². The zero-order valence-electron chi connectivity index (χ0n) is 17.2. The molecule has 1 atom stereocenters. The minimum atomic E-state index is -5.54. The fraction of sp³-hybridized carbons (Fsp3) is 0.381. The molecule has 32 heavy (non-hydrogen) atoms. The predicted octanol–water partition coefficient (Wildman–Crippen LogP) is 3.51. The van der Waals surface area contributed by atoms with Crippen molar-refractivity contribution in [3.8, 4) is 11.5 Å². The summed E-state index contributed by atoms with van der Waals surface area (Å²) in [6.45, 7) is 3.82. The maximum atomic E-state index is 13.2. The third-order valence-electron chi connectivity index (χ3n) is 5.52. The number of fused-ring (bicyclic) bond motifs is 2. The number of aliphatic hydroxyl groups excluding tert-OH is 1. The monoisotopic (exact) mass is 469 g/mol. The molecule has 2 aliphatic heterocycles. The molecular formula is C21H22F3N3O4S. The largest absolute Gasteiger partial charge is 0.501 e. The molecular weight excluding hydrogens is 447 g/mol. The molecule has 2 aliphatic rings. The van der Waals surface area contributed by atoms with Gasteiger partial charge in [-0.1, -0.05) is 19.1 Å². The molecule has 172 valence electrons. The highest BCUT2D eigenvalue weighted by Gasteiger charge is 2.47. The Morgan fingerprint density at radius 2 is 1.78 bits per heavy atom. The zero-order valence-corrected chi connectivity index (χ0v) is 18.0. The lowest BCUT2D eigenvalue weighted by Gasteiger charge is -2.38. The van der Waals surface area contributed by atoms with Crippen LogP contribution in [0.4, 0.5) is 18.9 Å². The summed E-state index contributed by atoms with van der Waals surface area (Å²) in [4.78, 5) is 7.55. The van der Waals surface area contributed by atoms with E-state index in [0.29, 0.717) is 49.9 Å². The van der Waals surface area contributed by atoms with E-state index >= 15 is 0 Å². The molecule has 1 N–H and O–H groups in total. The zero-order chi connectivity index (χ0) is 23.1. The minimum absolute atomic E-state index is 0.163. The number of aliphatic hydroxyl groups is 1. The van der Waals surface area contributed by atoms with Crippen LogP contribution in [0.5, 0.6) is 11.5 Å². The van der Waals surface area contributed by atoms with E-state index in [4.69, 9.17) is 4.74 Å². The van der Waals surface area contributed by atoms with Gasteiger partial charge in [0.05, 0.1) is 10.5 Å². The quantitative estimate of drug-likeness (QED) is 0.741. The average molecular weight is 469 g/mol. The van der Waals surface area contributed by atoms with Crippen LogP contribution >= 0.6 is 0 Å². The molecule has 0 aliphatic carbocycles. The average Bonchev–Trinajstić information content (AvgIpc) is 2.94. The van der Waals surface area contributed by atoms with Gasteiger partial charge in [0, 0.05) is 26.2 Å². The molecule has 0 aromatic heterocycles. The van der Waals surface area contributed by atoms with Crippen LogP contribution in [0.15, 0.2) is 52.4 Å². The van der Waals surface area contributed by atoms with Gasteiger partial charge in [0.1, 0.15) is 23.5 Å². The van der Waals surface area contributed by atoms with Crippen molar-refractivity contribution in [3.05, 3.63) is 48.0 Å². The van der Waals surface area contributed by atoms with Gasteiger partial charge in [-0.15, -0.1) is 0 Å². The SMILES string of the molecule is CCC(O)N1CCN(C2=Nc3ccccc3Oc3ccc(S(=O)(=O)C(F)(F)F)cc32)CC1. The number of ether oxygens (including phenoxy) is 1. The summed E-state index contributed by atoms with van der Waals surface area (Å²) in [5, 5.41) is 10.1. The summed E-state index contributed by atoms with van der Waals surface area (Å²) in [6.07, 6.45) is -0.00276. The van der Waals surface area contributed by atoms with Crippen LogP contribution in [-0.2, 0) is 9.84 Å². The molecule has 0 radical (unpaired) electrons. The van der Waals surface area contributed by atoms with Crippen LogP contribution in [-0.4, -0.2) is 67.1 Å². The van der Waals surface area contributed by atoms with Crippen molar-refractivity contribution in [2.45, 2.75) is 30.0 Å². The summed E-state index contributed by atoms with van der Waals surface area (Å²) in [7, 11) is -5.54. The number of sulfone groups is 1. The standard InChI is InChI=1S/C21H22F3N3O4S/c1-2-19(28)26-9-11-27(12-10-26)20-15-13-14(32(29,30)21(22,23)24)7-8-17(15)31-18-6-4-3-5-16(18)25-20/h3-8,13,19,28H,2,9-12H2,1H3. The van der Waals surface area contributed by atoms with Gasteiger partial charge >= 0.3 is 5.51 Å². The second kappa shape index (κ2) is 8.38. The summed E-state index contributed by atoms with van der Waals surface area (Å²) < 4.78 is 69.4. The van der Waals surface area contributed by atoms with E-state index in [1.165, 1.54) is 6.07 Å². The lowest BCUT2D eigenvalue weighted by molar-refractivity contribution is -0.0436. The van der Waals surface area contributed by atoms with Crippen LogP contribution in [0, 0.1) is 0 Å². The number of hydrogen-bond acceptors (Lipinski definition) is 7. The molecule has 0 spiro atoms. The summed E-state index contributed by atoms with van der Waals surface area (Å²) in [5.41, 5.74) is -4.78. The molecule has 0 bridgehead atoms. The smallest absolute Gasteiger partial charge is 0.454 e. The van der Waals surface area contributed by atoms with Gasteiger partial charge < -0.3 is 14.7 Å². The number of para-hydroxylation sites is 2. The first-order valence-corrected chi connectivity index (χ1v) is 11.6. The van der Waals surface area contributed by atoms with Crippen LogP contribution in [0.3, 0.4) is 0 Å². The fourth-order valence-electron chi connectivity index (χ4n) is 3.73. The number of piperazine rings is 1. The maximum absolute atomic E-state index is 13.2. The van der Waals surface area contributed by atoms with E-state index in [1.54, 1.807) is 24.3 Å². The van der Waals surface area contributed by atoms with E-state index < -0.39 is 26.5 Å². The van der Waals surface area contributed by atoms with E-state index in [2.05, 4.69) is 4.99 Å². The molecule has 2 aromatic carbocycles. The van der Waals surface area contributed by atoms with E-state index in [-0.39, 0.29) is 11.3 Å². The van der Waals surface area contributed by atoms with Gasteiger partial charge in [0.2, 0.25) is 0 Å². The van der Waals surface area contributed by atoms with Gasteiger partial charge in [-0.25, -0.2) is 13.4 Å². The van der Waals surface area contributed by atoms with E-state index in [1.807, 2.05) is 16.7 Å². The Morgan fingerprint density at radius 1 is 1.09 bits per heavy atom. The molecule has 1 saturated heterocycles. The fourth-order valence-corrected chi connectivity index (χ4v) is 4.52. The van der Waals surface area contributed by atoms with Crippen LogP contribution in [0.1, 0.15) is 18.9 Å². The Hall–Kier alpha value is -2.63. The van der Waals surface area contributed by atoms with Crippen molar-refractivity contribution in [1.82, 2.24) is 9.80 Å². The van der Waals surface area contributed by atoms with Crippen LogP contribution < -0.4 is 4.74 Å². The lowest BCUT2D eigenvalue weighted by Crippen LogP contribution is -2.52. The van der Waals surface area contributed by atoms with Crippen LogP contribution in [0.2, 0.25) is 0 Å². The summed E-state index contributed by atoms with van der Waals surface area (Å²) >= 11 is 0. The lowest BCUT2D eigenvalue weighted by atomic mass is 10.1. The number of halogens is 3. The number of nitrogens with zero attached hydrogens (tertiary/aromatic N) is 3. The Bertz CT molecular complexity index is 1140. The normalized spacial score (nSPS) is 18.2. The summed E-state index contributed by atoms with van der Waals surface area (Å²) in [5.74, 6) is 0.955. The third kappa shape index (κ3) is 4.07. The third-order valence-corrected chi connectivity index (χ3v) is 7.00. The van der Waals surface area contributed by atoms with Crippen molar-refractivity contribution >= 4 is 21.4 Å². The minimum Gasteiger partial charge on any atom is -0.454 e. The van der Waals surface area contributed by atoms with Gasteiger partial charge in [0.25, 0.3) is 9.84 Å². The summed E-state index contributed by atoms with van der Waals surface area (Å²) in [6, 6.07) is 9.98. The number of rotatable bonds is 3. The number of amidine groups is 1. The first kappa shape index (κ1) is 22.6. The van der Waals surface area contributed by atoms with Crippen LogP contribution in [0.25, 0.3) is 0 Å². The highest BCUT2D eigenvalue weighted by atomic mass is 32.2. The molecule has 0 amide bonds. The van der Waals surface area contributed by atoms with Crippen molar-refractivity contribution in [1.29, 1.82) is 0 Å². The Kier molecular flexibility index (Phi) is 5.91. The molecule has 2 aromatic rings. The van der Waals surface area contributed by atoms with Gasteiger partial charge in [-0.2, -0.15) is 13.2 Å². The van der Waals surface area contributed by atoms with Crippen molar-refractivity contribution in [3.63, 3.8) is 0 Å².